The highest BCUT2D eigenvalue weighted by atomic mass is 19.1. The van der Waals surface area contributed by atoms with Crippen molar-refractivity contribution in [2.75, 3.05) is 33.7 Å². The minimum Gasteiger partial charge on any atom is -0.352 e. The summed E-state index contributed by atoms with van der Waals surface area (Å²) in [6.07, 6.45) is 2.42. The molecule has 2 rings (SSSR count). The first-order valence-electron chi connectivity index (χ1n) is 8.09. The fourth-order valence-corrected chi connectivity index (χ4v) is 2.96. The van der Waals surface area contributed by atoms with Crippen LogP contribution in [0.15, 0.2) is 18.2 Å². The molecule has 1 aromatic rings. The maximum Gasteiger partial charge on any atom is 0.257 e. The van der Waals surface area contributed by atoms with E-state index in [1.807, 2.05) is 0 Å². The Bertz CT molecular complexity index is 587. The van der Waals surface area contributed by atoms with Crippen LogP contribution in [-0.4, -0.2) is 61.4 Å². The molecule has 0 bridgehead atoms. The van der Waals surface area contributed by atoms with Gasteiger partial charge in [0.05, 0.1) is 6.04 Å². The average Bonchev–Trinajstić information content (AvgIpc) is 2.98. The molecule has 24 heavy (non-hydrogen) atoms. The van der Waals surface area contributed by atoms with E-state index in [-0.39, 0.29) is 11.9 Å². The van der Waals surface area contributed by atoms with Crippen molar-refractivity contribution in [3.63, 3.8) is 0 Å². The lowest BCUT2D eigenvalue weighted by atomic mass is 10.2. The third kappa shape index (κ3) is 4.29. The van der Waals surface area contributed by atoms with E-state index in [1.165, 1.54) is 6.07 Å². The Morgan fingerprint density at radius 2 is 1.96 bits per heavy atom. The van der Waals surface area contributed by atoms with E-state index in [1.54, 1.807) is 19.0 Å². The molecule has 1 saturated heterocycles. The van der Waals surface area contributed by atoms with Crippen molar-refractivity contribution < 1.29 is 18.4 Å². The summed E-state index contributed by atoms with van der Waals surface area (Å²) in [5.41, 5.74) is -0.556. The number of carbonyl (C=O) groups is 2. The molecule has 0 saturated carbocycles. The normalized spacial score (nSPS) is 17.8. The summed E-state index contributed by atoms with van der Waals surface area (Å²) in [6.45, 7) is 1.80. The quantitative estimate of drug-likeness (QED) is 0.802. The van der Waals surface area contributed by atoms with Gasteiger partial charge in [-0.05, 0) is 37.9 Å². The molecule has 1 heterocycles. The van der Waals surface area contributed by atoms with Crippen LogP contribution in [-0.2, 0) is 4.79 Å². The summed E-state index contributed by atoms with van der Waals surface area (Å²) in [4.78, 5) is 27.7. The number of halogens is 2. The van der Waals surface area contributed by atoms with Gasteiger partial charge in [0.15, 0.2) is 0 Å². The van der Waals surface area contributed by atoms with Crippen LogP contribution < -0.4 is 5.32 Å². The van der Waals surface area contributed by atoms with E-state index in [9.17, 15) is 18.4 Å². The Kier molecular flexibility index (Phi) is 6.25. The molecular formula is C17H23F2N3O2. The van der Waals surface area contributed by atoms with Crippen LogP contribution in [0.2, 0.25) is 0 Å². The zero-order valence-corrected chi connectivity index (χ0v) is 14.0. The summed E-state index contributed by atoms with van der Waals surface area (Å²) in [7, 11) is 3.48. The van der Waals surface area contributed by atoms with Gasteiger partial charge in [-0.15, -0.1) is 0 Å². The molecule has 1 N–H and O–H groups in total. The lowest BCUT2D eigenvalue weighted by molar-refractivity contribution is -0.133. The first-order chi connectivity index (χ1) is 11.4. The fraction of sp³-hybridized carbons (Fsp3) is 0.529. The number of benzene rings is 1. The van der Waals surface area contributed by atoms with Crippen molar-refractivity contribution in [1.82, 2.24) is 15.1 Å². The van der Waals surface area contributed by atoms with Gasteiger partial charge in [0, 0.05) is 27.2 Å². The largest absolute Gasteiger partial charge is 0.352 e. The Hall–Kier alpha value is -2.02. The molecule has 1 unspecified atom stereocenters. The number of amides is 2. The fourth-order valence-electron chi connectivity index (χ4n) is 2.96. The van der Waals surface area contributed by atoms with Gasteiger partial charge in [0.1, 0.15) is 17.2 Å². The van der Waals surface area contributed by atoms with Crippen molar-refractivity contribution in [3.05, 3.63) is 35.4 Å². The second-order valence-corrected chi connectivity index (χ2v) is 6.13. The summed E-state index contributed by atoms with van der Waals surface area (Å²) in [5.74, 6) is -2.41. The minimum atomic E-state index is -0.872. The highest BCUT2D eigenvalue weighted by Crippen LogP contribution is 2.18. The molecule has 1 aliphatic rings. The predicted octanol–water partition coefficient (Wildman–Crippen LogP) is 1.64. The summed E-state index contributed by atoms with van der Waals surface area (Å²) in [6, 6.07) is 3.22. The lowest BCUT2D eigenvalue weighted by Gasteiger charge is -2.26. The SMILES string of the molecule is CN(C)C(=O)C1CCCN1CCCNC(=O)c1c(F)cccc1F. The topological polar surface area (TPSA) is 52.7 Å². The summed E-state index contributed by atoms with van der Waals surface area (Å²) >= 11 is 0. The molecule has 132 valence electrons. The van der Waals surface area contributed by atoms with Crippen LogP contribution in [0.1, 0.15) is 29.6 Å². The number of carbonyl (C=O) groups excluding carboxylic acids is 2. The van der Waals surface area contributed by atoms with Gasteiger partial charge in [0.2, 0.25) is 5.91 Å². The van der Waals surface area contributed by atoms with Gasteiger partial charge in [-0.2, -0.15) is 0 Å². The smallest absolute Gasteiger partial charge is 0.257 e. The first kappa shape index (κ1) is 18.3. The Balaban J connectivity index is 1.80. The van der Waals surface area contributed by atoms with E-state index >= 15 is 0 Å². The molecule has 1 aromatic carbocycles. The molecule has 7 heteroatoms. The van der Waals surface area contributed by atoms with E-state index in [0.29, 0.717) is 19.5 Å². The maximum absolute atomic E-state index is 13.5. The van der Waals surface area contributed by atoms with Crippen molar-refractivity contribution >= 4 is 11.8 Å². The van der Waals surface area contributed by atoms with Crippen molar-refractivity contribution in [1.29, 1.82) is 0 Å². The Morgan fingerprint density at radius 1 is 1.29 bits per heavy atom. The van der Waals surface area contributed by atoms with Gasteiger partial charge in [-0.25, -0.2) is 8.78 Å². The number of rotatable bonds is 6. The second kappa shape index (κ2) is 8.19. The average molecular weight is 339 g/mol. The van der Waals surface area contributed by atoms with E-state index < -0.39 is 23.1 Å². The van der Waals surface area contributed by atoms with E-state index in [0.717, 1.165) is 31.5 Å². The number of likely N-dealkylation sites (tertiary alicyclic amines) is 1. The highest BCUT2D eigenvalue weighted by molar-refractivity contribution is 5.94. The first-order valence-corrected chi connectivity index (χ1v) is 8.09. The standard InChI is InChI=1S/C17H23F2N3O2/c1-21(2)17(24)14-8-4-10-22(14)11-5-9-20-16(23)15-12(18)6-3-7-13(15)19/h3,6-7,14H,4-5,8-11H2,1-2H3,(H,20,23). The monoisotopic (exact) mass is 339 g/mol. The molecule has 0 aromatic heterocycles. The second-order valence-electron chi connectivity index (χ2n) is 6.13. The molecule has 2 amide bonds. The van der Waals surface area contributed by atoms with Gasteiger partial charge < -0.3 is 10.2 Å². The molecule has 1 aliphatic heterocycles. The van der Waals surface area contributed by atoms with Crippen molar-refractivity contribution in [3.8, 4) is 0 Å². The van der Waals surface area contributed by atoms with Gasteiger partial charge in [0.25, 0.3) is 5.91 Å². The number of nitrogens with zero attached hydrogens (tertiary/aromatic N) is 2. The Labute approximate surface area is 140 Å². The van der Waals surface area contributed by atoms with Gasteiger partial charge >= 0.3 is 0 Å². The highest BCUT2D eigenvalue weighted by Gasteiger charge is 2.31. The van der Waals surface area contributed by atoms with Crippen LogP contribution in [0.3, 0.4) is 0 Å². The summed E-state index contributed by atoms with van der Waals surface area (Å²) in [5, 5.41) is 2.53. The van der Waals surface area contributed by atoms with E-state index in [2.05, 4.69) is 10.2 Å². The maximum atomic E-state index is 13.5. The van der Waals surface area contributed by atoms with Gasteiger partial charge in [-0.1, -0.05) is 6.07 Å². The third-order valence-electron chi connectivity index (χ3n) is 4.19. The number of hydrogen-bond donors (Lipinski definition) is 1. The van der Waals surface area contributed by atoms with Gasteiger partial charge in [-0.3, -0.25) is 14.5 Å². The van der Waals surface area contributed by atoms with Crippen molar-refractivity contribution in [2.45, 2.75) is 25.3 Å². The Morgan fingerprint density at radius 3 is 2.58 bits per heavy atom. The molecule has 1 fully saturated rings. The molecule has 0 spiro atoms. The molecule has 5 nitrogen and oxygen atoms in total. The zero-order chi connectivity index (χ0) is 17.7. The van der Waals surface area contributed by atoms with Crippen molar-refractivity contribution in [2.24, 2.45) is 0 Å². The predicted molar refractivity (Wildman–Crippen MR) is 86.6 cm³/mol. The van der Waals surface area contributed by atoms with E-state index in [4.69, 9.17) is 0 Å². The van der Waals surface area contributed by atoms with Crippen LogP contribution in [0.25, 0.3) is 0 Å². The number of hydrogen-bond acceptors (Lipinski definition) is 3. The number of nitrogens with one attached hydrogen (secondary N) is 1. The molecular weight excluding hydrogens is 316 g/mol. The molecule has 0 radical (unpaired) electrons. The van der Waals surface area contributed by atoms with Crippen LogP contribution in [0, 0.1) is 11.6 Å². The lowest BCUT2D eigenvalue weighted by Crippen LogP contribution is -2.43. The van der Waals surface area contributed by atoms with Crippen LogP contribution in [0.5, 0.6) is 0 Å². The van der Waals surface area contributed by atoms with Crippen LogP contribution in [0.4, 0.5) is 8.78 Å². The summed E-state index contributed by atoms with van der Waals surface area (Å²) < 4.78 is 27.0. The zero-order valence-electron chi connectivity index (χ0n) is 14.0. The number of likely N-dealkylation sites (N-methyl/N-ethyl adjacent to an activating group) is 1. The minimum absolute atomic E-state index is 0.0879. The van der Waals surface area contributed by atoms with Crippen LogP contribution >= 0.6 is 0 Å². The molecule has 1 atom stereocenters. The third-order valence-corrected chi connectivity index (χ3v) is 4.19. The molecule has 0 aliphatic carbocycles.